The average Bonchev–Trinajstić information content (AvgIpc) is 2.46. The van der Waals surface area contributed by atoms with Crippen molar-refractivity contribution in [3.63, 3.8) is 0 Å². The van der Waals surface area contributed by atoms with E-state index in [1.807, 2.05) is 0 Å². The average molecular weight is 289 g/mol. The third-order valence-electron chi connectivity index (χ3n) is 3.00. The minimum Gasteiger partial charge on any atom is -0.370 e. The summed E-state index contributed by atoms with van der Waals surface area (Å²) >= 11 is 0. The van der Waals surface area contributed by atoms with E-state index in [-0.39, 0.29) is 5.91 Å². The van der Waals surface area contributed by atoms with Gasteiger partial charge in [0.1, 0.15) is 0 Å². The number of rotatable bonds is 13. The number of hydrogen-bond donors (Lipinski definition) is 1. The van der Waals surface area contributed by atoms with Crippen molar-refractivity contribution in [2.75, 3.05) is 0 Å². The van der Waals surface area contributed by atoms with Crippen LogP contribution in [0.25, 0.3) is 0 Å². The standard InChI is InChI=1S/C19H31NO/c1-2-3-4-5-6-7-8-9-10-11-12-13-14-15-16-17-18-19(20)21/h5-6,8-9,11-12,14-15H,2-4,7,10,13,16-18H2,1H3,(H2,20,21). The van der Waals surface area contributed by atoms with Gasteiger partial charge < -0.3 is 5.73 Å². The van der Waals surface area contributed by atoms with Gasteiger partial charge in [0.2, 0.25) is 5.91 Å². The molecule has 0 atom stereocenters. The van der Waals surface area contributed by atoms with Gasteiger partial charge in [0.15, 0.2) is 0 Å². The smallest absolute Gasteiger partial charge is 0.217 e. The molecule has 0 rings (SSSR count). The van der Waals surface area contributed by atoms with Crippen molar-refractivity contribution in [2.45, 2.75) is 64.7 Å². The fourth-order valence-corrected chi connectivity index (χ4v) is 1.76. The van der Waals surface area contributed by atoms with E-state index in [0.717, 1.165) is 32.1 Å². The molecule has 2 heteroatoms. The van der Waals surface area contributed by atoms with Crippen LogP contribution >= 0.6 is 0 Å². The third-order valence-corrected chi connectivity index (χ3v) is 3.00. The number of hydrogen-bond acceptors (Lipinski definition) is 1. The Kier molecular flexibility index (Phi) is 15.3. The second kappa shape index (κ2) is 16.5. The van der Waals surface area contributed by atoms with Crippen LogP contribution in [0.15, 0.2) is 48.6 Å². The minimum absolute atomic E-state index is 0.213. The molecule has 0 unspecified atom stereocenters. The first-order valence-corrected chi connectivity index (χ1v) is 8.15. The van der Waals surface area contributed by atoms with Crippen LogP contribution in [0.3, 0.4) is 0 Å². The predicted octanol–water partition coefficient (Wildman–Crippen LogP) is 5.23. The zero-order valence-electron chi connectivity index (χ0n) is 13.5. The summed E-state index contributed by atoms with van der Waals surface area (Å²) in [7, 11) is 0. The number of primary amides is 1. The lowest BCUT2D eigenvalue weighted by Crippen LogP contribution is -2.09. The number of allylic oxidation sites excluding steroid dienone is 8. The van der Waals surface area contributed by atoms with Gasteiger partial charge in [-0.3, -0.25) is 4.79 Å². The molecular weight excluding hydrogens is 258 g/mol. The normalized spacial score (nSPS) is 12.4. The van der Waals surface area contributed by atoms with Gasteiger partial charge in [0, 0.05) is 6.42 Å². The van der Waals surface area contributed by atoms with E-state index in [1.165, 1.54) is 19.3 Å². The van der Waals surface area contributed by atoms with Crippen molar-refractivity contribution in [3.05, 3.63) is 48.6 Å². The zero-order chi connectivity index (χ0) is 15.6. The predicted molar refractivity (Wildman–Crippen MR) is 93.0 cm³/mol. The summed E-state index contributed by atoms with van der Waals surface area (Å²) in [5.74, 6) is -0.213. The van der Waals surface area contributed by atoms with E-state index in [0.29, 0.717) is 6.42 Å². The quantitative estimate of drug-likeness (QED) is 0.366. The molecule has 2 nitrogen and oxygen atoms in total. The van der Waals surface area contributed by atoms with Gasteiger partial charge in [-0.05, 0) is 38.5 Å². The Balaban J connectivity index is 3.41. The molecule has 0 radical (unpaired) electrons. The van der Waals surface area contributed by atoms with Gasteiger partial charge in [-0.15, -0.1) is 0 Å². The molecule has 0 aliphatic rings. The van der Waals surface area contributed by atoms with Gasteiger partial charge in [0.25, 0.3) is 0 Å². The van der Waals surface area contributed by atoms with Crippen LogP contribution in [0.4, 0.5) is 0 Å². The molecule has 118 valence electrons. The summed E-state index contributed by atoms with van der Waals surface area (Å²) in [6.07, 6.45) is 26.6. The van der Waals surface area contributed by atoms with Crippen molar-refractivity contribution < 1.29 is 4.79 Å². The van der Waals surface area contributed by atoms with Gasteiger partial charge in [-0.25, -0.2) is 0 Å². The molecule has 0 aliphatic heterocycles. The van der Waals surface area contributed by atoms with Gasteiger partial charge >= 0.3 is 0 Å². The van der Waals surface area contributed by atoms with E-state index in [2.05, 4.69) is 55.5 Å². The molecule has 0 saturated carbocycles. The maximum Gasteiger partial charge on any atom is 0.217 e. The number of nitrogens with two attached hydrogens (primary N) is 1. The molecule has 0 fully saturated rings. The van der Waals surface area contributed by atoms with Gasteiger partial charge in [-0.1, -0.05) is 68.4 Å². The second-order valence-corrected chi connectivity index (χ2v) is 5.09. The van der Waals surface area contributed by atoms with E-state index in [4.69, 9.17) is 5.73 Å². The highest BCUT2D eigenvalue weighted by Gasteiger charge is 1.90. The molecule has 2 N–H and O–H groups in total. The number of carbonyl (C=O) groups is 1. The van der Waals surface area contributed by atoms with Crippen molar-refractivity contribution in [2.24, 2.45) is 5.73 Å². The van der Waals surface area contributed by atoms with Gasteiger partial charge in [-0.2, -0.15) is 0 Å². The molecule has 0 aromatic heterocycles. The van der Waals surface area contributed by atoms with E-state index < -0.39 is 0 Å². The Morgan fingerprint density at radius 1 is 0.762 bits per heavy atom. The number of unbranched alkanes of at least 4 members (excludes halogenated alkanes) is 3. The maximum atomic E-state index is 10.5. The second-order valence-electron chi connectivity index (χ2n) is 5.09. The molecule has 1 amide bonds. The van der Waals surface area contributed by atoms with Crippen LogP contribution < -0.4 is 5.73 Å². The van der Waals surface area contributed by atoms with E-state index >= 15 is 0 Å². The van der Waals surface area contributed by atoms with Crippen LogP contribution in [-0.4, -0.2) is 5.91 Å². The molecule has 0 aliphatic carbocycles. The van der Waals surface area contributed by atoms with Crippen LogP contribution in [0.2, 0.25) is 0 Å². The Hall–Kier alpha value is -1.57. The number of amides is 1. The zero-order valence-corrected chi connectivity index (χ0v) is 13.5. The Morgan fingerprint density at radius 2 is 1.19 bits per heavy atom. The summed E-state index contributed by atoms with van der Waals surface area (Å²) < 4.78 is 0. The Morgan fingerprint density at radius 3 is 1.62 bits per heavy atom. The SMILES string of the molecule is CCCCC=CCC=CCC=CCC=CCCCC(N)=O. The summed E-state index contributed by atoms with van der Waals surface area (Å²) in [5.41, 5.74) is 5.07. The van der Waals surface area contributed by atoms with Crippen molar-refractivity contribution in [1.82, 2.24) is 0 Å². The van der Waals surface area contributed by atoms with Gasteiger partial charge in [0.05, 0.1) is 0 Å². The summed E-state index contributed by atoms with van der Waals surface area (Å²) in [5, 5.41) is 0. The number of carbonyl (C=O) groups excluding carboxylic acids is 1. The van der Waals surface area contributed by atoms with Crippen LogP contribution in [0, 0.1) is 0 Å². The summed E-state index contributed by atoms with van der Waals surface area (Å²) in [6, 6.07) is 0. The van der Waals surface area contributed by atoms with Crippen molar-refractivity contribution in [1.29, 1.82) is 0 Å². The molecule has 21 heavy (non-hydrogen) atoms. The molecule has 0 saturated heterocycles. The fourth-order valence-electron chi connectivity index (χ4n) is 1.76. The maximum absolute atomic E-state index is 10.5. The lowest BCUT2D eigenvalue weighted by Gasteiger charge is -1.90. The lowest BCUT2D eigenvalue weighted by molar-refractivity contribution is -0.118. The highest BCUT2D eigenvalue weighted by atomic mass is 16.1. The molecule has 0 heterocycles. The van der Waals surface area contributed by atoms with Crippen LogP contribution in [0.1, 0.15) is 64.7 Å². The van der Waals surface area contributed by atoms with Crippen LogP contribution in [0.5, 0.6) is 0 Å². The summed E-state index contributed by atoms with van der Waals surface area (Å²) in [4.78, 5) is 10.5. The lowest BCUT2D eigenvalue weighted by atomic mass is 10.2. The minimum atomic E-state index is -0.213. The molecule has 0 bridgehead atoms. The Labute approximate surface area is 130 Å². The highest BCUT2D eigenvalue weighted by molar-refractivity contribution is 5.73. The molecule has 0 aromatic rings. The summed E-state index contributed by atoms with van der Waals surface area (Å²) in [6.45, 7) is 2.22. The largest absolute Gasteiger partial charge is 0.370 e. The van der Waals surface area contributed by atoms with Crippen molar-refractivity contribution >= 4 is 5.91 Å². The Bertz CT molecular complexity index is 351. The molecule has 0 spiro atoms. The first-order valence-electron chi connectivity index (χ1n) is 8.15. The highest BCUT2D eigenvalue weighted by Crippen LogP contribution is 1.99. The van der Waals surface area contributed by atoms with E-state index in [1.54, 1.807) is 0 Å². The van der Waals surface area contributed by atoms with E-state index in [9.17, 15) is 4.79 Å². The first kappa shape index (κ1) is 19.4. The third kappa shape index (κ3) is 18.4. The molecular formula is C19H31NO. The molecule has 0 aromatic carbocycles. The fraction of sp³-hybridized carbons (Fsp3) is 0.526. The van der Waals surface area contributed by atoms with Crippen molar-refractivity contribution in [3.8, 4) is 0 Å². The topological polar surface area (TPSA) is 43.1 Å². The monoisotopic (exact) mass is 289 g/mol. The van der Waals surface area contributed by atoms with Crippen LogP contribution in [-0.2, 0) is 4.79 Å². The first-order chi connectivity index (χ1) is 10.3.